The van der Waals surface area contributed by atoms with Crippen LogP contribution in [0.4, 0.5) is 5.82 Å². The minimum absolute atomic E-state index is 0.252. The van der Waals surface area contributed by atoms with Crippen LogP contribution in [0.3, 0.4) is 0 Å². The van der Waals surface area contributed by atoms with E-state index in [0.717, 1.165) is 40.8 Å². The number of benzene rings is 1. The molecule has 0 unspecified atom stereocenters. The van der Waals surface area contributed by atoms with Crippen molar-refractivity contribution in [3.63, 3.8) is 0 Å². The average Bonchev–Trinajstić information content (AvgIpc) is 3.23. The third-order valence-corrected chi connectivity index (χ3v) is 4.90. The van der Waals surface area contributed by atoms with Crippen LogP contribution in [-0.4, -0.2) is 43.4 Å². The maximum atomic E-state index is 5.47. The van der Waals surface area contributed by atoms with Crippen LogP contribution < -0.4 is 10.1 Å². The number of nitrogens with zero attached hydrogens (tertiary/aromatic N) is 6. The highest BCUT2D eigenvalue weighted by Crippen LogP contribution is 2.27. The normalized spacial score (nSPS) is 11.8. The molecule has 8 nitrogen and oxygen atoms in total. The molecule has 0 bridgehead atoms. The highest BCUT2D eigenvalue weighted by Gasteiger charge is 2.12. The van der Waals surface area contributed by atoms with E-state index in [2.05, 4.69) is 43.3 Å². The Morgan fingerprint density at radius 3 is 2.70 bits per heavy atom. The average molecular weight is 401 g/mol. The monoisotopic (exact) mass is 401 g/mol. The number of aryl methyl sites for hydroxylation is 1. The van der Waals surface area contributed by atoms with Gasteiger partial charge >= 0.3 is 0 Å². The second-order valence-corrected chi connectivity index (χ2v) is 6.93. The Hall–Kier alpha value is -3.81. The van der Waals surface area contributed by atoms with Gasteiger partial charge in [0.2, 0.25) is 0 Å². The molecule has 0 amide bonds. The molecule has 0 aliphatic carbocycles. The fourth-order valence-electron chi connectivity index (χ4n) is 3.27. The molecule has 0 aliphatic heterocycles. The predicted octanol–water partition coefficient (Wildman–Crippen LogP) is 3.65. The molecule has 1 aromatic carbocycles. The Morgan fingerprint density at radius 2 is 1.90 bits per heavy atom. The summed E-state index contributed by atoms with van der Waals surface area (Å²) in [6.07, 6.45) is 4.82. The number of para-hydroxylation sites is 1. The summed E-state index contributed by atoms with van der Waals surface area (Å²) in [6, 6.07) is 13.8. The zero-order chi connectivity index (χ0) is 20.9. The summed E-state index contributed by atoms with van der Waals surface area (Å²) >= 11 is 0. The van der Waals surface area contributed by atoms with E-state index in [9.17, 15) is 0 Å². The molecule has 3 aromatic heterocycles. The molecule has 0 saturated carbocycles. The largest absolute Gasteiger partial charge is 0.496 e. The minimum Gasteiger partial charge on any atom is -0.496 e. The standard InChI is InChI=1S/C22H23N7O/c1-15(18-6-4-5-7-20(18)30-3)12-24-21-11-19(26-13-27-21)17-8-9-23-22(10-17)29-16(2)25-14-28-29/h4-11,13-15H,12H2,1-3H3,(H,24,26,27)/t15-/m1/s1. The molecule has 3 heterocycles. The number of methoxy groups -OCH3 is 1. The van der Waals surface area contributed by atoms with Gasteiger partial charge in [0.05, 0.1) is 12.8 Å². The van der Waals surface area contributed by atoms with E-state index in [1.165, 1.54) is 6.33 Å². The van der Waals surface area contributed by atoms with Crippen molar-refractivity contribution < 1.29 is 4.74 Å². The van der Waals surface area contributed by atoms with Gasteiger partial charge in [-0.1, -0.05) is 25.1 Å². The Labute approximate surface area is 175 Å². The van der Waals surface area contributed by atoms with E-state index in [1.807, 2.05) is 43.3 Å². The molecule has 0 spiro atoms. The van der Waals surface area contributed by atoms with Gasteiger partial charge in [-0.05, 0) is 30.7 Å². The summed E-state index contributed by atoms with van der Waals surface area (Å²) in [5, 5.41) is 7.62. The van der Waals surface area contributed by atoms with Crippen LogP contribution in [0, 0.1) is 6.92 Å². The van der Waals surface area contributed by atoms with Gasteiger partial charge in [0.1, 0.15) is 30.0 Å². The lowest BCUT2D eigenvalue weighted by Crippen LogP contribution is -2.12. The van der Waals surface area contributed by atoms with Crippen LogP contribution in [0.1, 0.15) is 24.2 Å². The van der Waals surface area contributed by atoms with Gasteiger partial charge in [0.15, 0.2) is 5.82 Å². The Kier molecular flexibility index (Phi) is 5.65. The second-order valence-electron chi connectivity index (χ2n) is 6.93. The number of nitrogens with one attached hydrogen (secondary N) is 1. The van der Waals surface area contributed by atoms with Gasteiger partial charge in [-0.3, -0.25) is 0 Å². The fourth-order valence-corrected chi connectivity index (χ4v) is 3.27. The van der Waals surface area contributed by atoms with Crippen LogP contribution in [0.5, 0.6) is 5.75 Å². The maximum absolute atomic E-state index is 5.47. The molecule has 0 saturated heterocycles. The molecule has 0 radical (unpaired) electrons. The van der Waals surface area contributed by atoms with Crippen molar-refractivity contribution in [2.75, 3.05) is 19.0 Å². The summed E-state index contributed by atoms with van der Waals surface area (Å²) in [4.78, 5) is 17.3. The predicted molar refractivity (Wildman–Crippen MR) is 115 cm³/mol. The smallest absolute Gasteiger partial charge is 0.156 e. The topological polar surface area (TPSA) is 90.6 Å². The first-order valence-electron chi connectivity index (χ1n) is 9.68. The second kappa shape index (κ2) is 8.69. The Balaban J connectivity index is 1.52. The summed E-state index contributed by atoms with van der Waals surface area (Å²) in [6.45, 7) is 4.76. The Morgan fingerprint density at radius 1 is 1.03 bits per heavy atom. The number of hydrogen-bond acceptors (Lipinski definition) is 7. The number of ether oxygens (including phenoxy) is 1. The summed E-state index contributed by atoms with van der Waals surface area (Å²) in [5.41, 5.74) is 2.89. The van der Waals surface area contributed by atoms with E-state index < -0.39 is 0 Å². The lowest BCUT2D eigenvalue weighted by Gasteiger charge is -2.16. The van der Waals surface area contributed by atoms with Crippen LogP contribution >= 0.6 is 0 Å². The van der Waals surface area contributed by atoms with Crippen molar-refractivity contribution >= 4 is 5.82 Å². The van der Waals surface area contributed by atoms with Gasteiger partial charge in [-0.15, -0.1) is 0 Å². The van der Waals surface area contributed by atoms with Gasteiger partial charge in [0.25, 0.3) is 0 Å². The van der Waals surface area contributed by atoms with Crippen molar-refractivity contribution in [1.82, 2.24) is 29.7 Å². The van der Waals surface area contributed by atoms with Gasteiger partial charge in [-0.25, -0.2) is 19.9 Å². The third kappa shape index (κ3) is 4.12. The molecule has 8 heteroatoms. The maximum Gasteiger partial charge on any atom is 0.156 e. The molecule has 4 aromatic rings. The van der Waals surface area contributed by atoms with Gasteiger partial charge < -0.3 is 10.1 Å². The van der Waals surface area contributed by atoms with Gasteiger partial charge in [-0.2, -0.15) is 9.78 Å². The van der Waals surface area contributed by atoms with E-state index in [0.29, 0.717) is 5.82 Å². The molecular formula is C22H23N7O. The zero-order valence-corrected chi connectivity index (χ0v) is 17.1. The number of aromatic nitrogens is 6. The van der Waals surface area contributed by atoms with Crippen LogP contribution in [-0.2, 0) is 0 Å². The SMILES string of the molecule is COc1ccccc1[C@H](C)CNc1cc(-c2ccnc(-n3ncnc3C)c2)ncn1. The molecule has 4 rings (SSSR count). The van der Waals surface area contributed by atoms with E-state index in [1.54, 1.807) is 24.3 Å². The van der Waals surface area contributed by atoms with Crippen molar-refractivity contribution in [2.45, 2.75) is 19.8 Å². The molecule has 0 fully saturated rings. The van der Waals surface area contributed by atoms with Crippen molar-refractivity contribution in [3.8, 4) is 22.8 Å². The first kappa shape index (κ1) is 19.5. The minimum atomic E-state index is 0.252. The summed E-state index contributed by atoms with van der Waals surface area (Å²) in [5.74, 6) is 3.37. The van der Waals surface area contributed by atoms with Crippen molar-refractivity contribution in [3.05, 3.63) is 72.7 Å². The first-order valence-corrected chi connectivity index (χ1v) is 9.68. The van der Waals surface area contributed by atoms with Crippen molar-refractivity contribution in [1.29, 1.82) is 0 Å². The van der Waals surface area contributed by atoms with Crippen LogP contribution in [0.25, 0.3) is 17.1 Å². The molecule has 1 atom stereocenters. The molecule has 1 N–H and O–H groups in total. The summed E-state index contributed by atoms with van der Waals surface area (Å²) < 4.78 is 7.17. The zero-order valence-electron chi connectivity index (χ0n) is 17.1. The summed E-state index contributed by atoms with van der Waals surface area (Å²) in [7, 11) is 1.69. The highest BCUT2D eigenvalue weighted by molar-refractivity contribution is 5.63. The van der Waals surface area contributed by atoms with Crippen LogP contribution in [0.2, 0.25) is 0 Å². The highest BCUT2D eigenvalue weighted by atomic mass is 16.5. The number of hydrogen-bond donors (Lipinski definition) is 1. The molecule has 0 aliphatic rings. The third-order valence-electron chi connectivity index (χ3n) is 4.90. The van der Waals surface area contributed by atoms with E-state index >= 15 is 0 Å². The van der Waals surface area contributed by atoms with Crippen LogP contribution in [0.15, 0.2) is 61.3 Å². The van der Waals surface area contributed by atoms with E-state index in [-0.39, 0.29) is 5.92 Å². The molecule has 30 heavy (non-hydrogen) atoms. The fraction of sp³-hybridized carbons (Fsp3) is 0.227. The number of rotatable bonds is 7. The van der Waals surface area contributed by atoms with Crippen molar-refractivity contribution in [2.24, 2.45) is 0 Å². The quantitative estimate of drug-likeness (QED) is 0.505. The molecular weight excluding hydrogens is 378 g/mol. The number of anilines is 1. The van der Waals surface area contributed by atoms with Gasteiger partial charge in [0, 0.05) is 30.3 Å². The Bertz CT molecular complexity index is 1140. The lowest BCUT2D eigenvalue weighted by molar-refractivity contribution is 0.407. The lowest BCUT2D eigenvalue weighted by atomic mass is 10.00. The van der Waals surface area contributed by atoms with E-state index in [4.69, 9.17) is 4.74 Å². The number of pyridine rings is 1. The first-order chi connectivity index (χ1) is 14.7. The molecule has 152 valence electrons.